The van der Waals surface area contributed by atoms with Crippen LogP contribution in [0.3, 0.4) is 0 Å². The number of unbranched alkanes of at least 4 members (excludes halogenated alkanes) is 1. The molecule has 0 aliphatic carbocycles. The maximum absolute atomic E-state index is 11.7. The zero-order valence-electron chi connectivity index (χ0n) is 9.90. The van der Waals surface area contributed by atoms with E-state index in [1.807, 2.05) is 6.92 Å². The molecule has 0 bridgehead atoms. The number of amides is 1. The van der Waals surface area contributed by atoms with Gasteiger partial charge in [0, 0.05) is 13.2 Å². The van der Waals surface area contributed by atoms with Crippen molar-refractivity contribution in [3.63, 3.8) is 0 Å². The van der Waals surface area contributed by atoms with Crippen LogP contribution >= 0.6 is 0 Å². The third-order valence-electron chi connectivity index (χ3n) is 1.84. The van der Waals surface area contributed by atoms with Gasteiger partial charge in [0.25, 0.3) is 0 Å². The first kappa shape index (κ1) is 16.2. The minimum absolute atomic E-state index is 0.132. The Balaban J connectivity index is 3.28. The number of hydrogen-bond donors (Lipinski definition) is 2. The molecule has 0 spiro atoms. The van der Waals surface area contributed by atoms with Gasteiger partial charge in [0.2, 0.25) is 5.91 Å². The van der Waals surface area contributed by atoms with E-state index in [-0.39, 0.29) is 6.54 Å². The predicted molar refractivity (Wildman–Crippen MR) is 57.7 cm³/mol. The van der Waals surface area contributed by atoms with Crippen LogP contribution in [-0.4, -0.2) is 44.9 Å². The lowest BCUT2D eigenvalue weighted by Gasteiger charge is -2.09. The summed E-state index contributed by atoms with van der Waals surface area (Å²) >= 11 is 0. The number of rotatable bonds is 9. The van der Waals surface area contributed by atoms with Crippen molar-refractivity contribution >= 4 is 5.91 Å². The van der Waals surface area contributed by atoms with Crippen LogP contribution in [0.15, 0.2) is 0 Å². The minimum atomic E-state index is -4.36. The van der Waals surface area contributed by atoms with E-state index in [0.717, 1.165) is 12.8 Å². The van der Waals surface area contributed by atoms with E-state index in [1.54, 1.807) is 5.32 Å². The highest BCUT2D eigenvalue weighted by atomic mass is 19.4. The first-order chi connectivity index (χ1) is 7.95. The summed E-state index contributed by atoms with van der Waals surface area (Å²) in [6.07, 6.45) is -2.34. The van der Waals surface area contributed by atoms with Gasteiger partial charge in [0.1, 0.15) is 6.54 Å². The third kappa shape index (κ3) is 13.1. The average Bonchev–Trinajstić information content (AvgIpc) is 2.24. The first-order valence-corrected chi connectivity index (χ1v) is 5.57. The van der Waals surface area contributed by atoms with Crippen molar-refractivity contribution < 1.29 is 22.7 Å². The second kappa shape index (κ2) is 9.23. The van der Waals surface area contributed by atoms with Gasteiger partial charge in [-0.15, -0.1) is 0 Å². The minimum Gasteiger partial charge on any atom is -0.380 e. The lowest BCUT2D eigenvalue weighted by molar-refractivity contribution is -0.137. The number of hydrogen-bond acceptors (Lipinski definition) is 3. The summed E-state index contributed by atoms with van der Waals surface area (Å²) in [5, 5.41) is 4.46. The third-order valence-corrected chi connectivity index (χ3v) is 1.84. The quantitative estimate of drug-likeness (QED) is 0.607. The van der Waals surface area contributed by atoms with Crippen LogP contribution in [0.1, 0.15) is 19.8 Å². The van der Waals surface area contributed by atoms with E-state index in [1.165, 1.54) is 0 Å². The largest absolute Gasteiger partial charge is 0.405 e. The monoisotopic (exact) mass is 256 g/mol. The molecule has 0 aromatic rings. The highest BCUT2D eigenvalue weighted by Crippen LogP contribution is 2.11. The molecule has 0 atom stereocenters. The summed E-state index contributed by atoms with van der Waals surface area (Å²) < 4.78 is 40.4. The van der Waals surface area contributed by atoms with Crippen LogP contribution in [0.4, 0.5) is 13.2 Å². The summed E-state index contributed by atoms with van der Waals surface area (Å²) in [5.74, 6) is -0.670. The molecule has 0 radical (unpaired) electrons. The summed E-state index contributed by atoms with van der Waals surface area (Å²) in [5.41, 5.74) is 0. The van der Waals surface area contributed by atoms with Gasteiger partial charge in [-0.2, -0.15) is 13.2 Å². The van der Waals surface area contributed by atoms with E-state index in [0.29, 0.717) is 19.8 Å². The maximum Gasteiger partial charge on any atom is 0.405 e. The van der Waals surface area contributed by atoms with Crippen molar-refractivity contribution in [2.45, 2.75) is 25.9 Å². The molecule has 0 saturated carbocycles. The molecule has 0 fully saturated rings. The number of carbonyl (C=O) groups is 1. The van der Waals surface area contributed by atoms with Crippen LogP contribution < -0.4 is 10.6 Å². The fraction of sp³-hybridized carbons (Fsp3) is 0.900. The van der Waals surface area contributed by atoms with Crippen LogP contribution in [0.25, 0.3) is 0 Å². The standard InChI is InChI=1S/C10H19F3N2O2/c1-2-3-5-17-6-4-14-7-9(16)15-8-10(11,12)13/h14H,2-8H2,1H3,(H,15,16). The molecular weight excluding hydrogens is 237 g/mol. The second-order valence-electron chi connectivity index (χ2n) is 3.53. The van der Waals surface area contributed by atoms with Crippen molar-refractivity contribution in [3.05, 3.63) is 0 Å². The Labute approximate surface area is 98.9 Å². The number of ether oxygens (including phenoxy) is 1. The fourth-order valence-corrected chi connectivity index (χ4v) is 0.956. The van der Waals surface area contributed by atoms with Crippen LogP contribution in [-0.2, 0) is 9.53 Å². The molecule has 0 aliphatic heterocycles. The summed E-state index contributed by atoms with van der Waals surface area (Å²) in [4.78, 5) is 10.9. The molecule has 17 heavy (non-hydrogen) atoms. The highest BCUT2D eigenvalue weighted by molar-refractivity contribution is 5.77. The van der Waals surface area contributed by atoms with Gasteiger partial charge < -0.3 is 15.4 Å². The molecular formula is C10H19F3N2O2. The van der Waals surface area contributed by atoms with Gasteiger partial charge in [0.05, 0.1) is 13.2 Å². The molecule has 102 valence electrons. The fourth-order valence-electron chi connectivity index (χ4n) is 0.956. The van der Waals surface area contributed by atoms with Crippen molar-refractivity contribution in [1.29, 1.82) is 0 Å². The van der Waals surface area contributed by atoms with E-state index in [2.05, 4.69) is 5.32 Å². The number of alkyl halides is 3. The normalized spacial score (nSPS) is 11.5. The Kier molecular flexibility index (Phi) is 8.79. The lowest BCUT2D eigenvalue weighted by Crippen LogP contribution is -2.39. The van der Waals surface area contributed by atoms with Crippen molar-refractivity contribution in [3.8, 4) is 0 Å². The zero-order chi connectivity index (χ0) is 13.1. The average molecular weight is 256 g/mol. The Hall–Kier alpha value is -0.820. The number of carbonyl (C=O) groups excluding carboxylic acids is 1. The Morgan fingerprint density at radius 1 is 1.29 bits per heavy atom. The zero-order valence-corrected chi connectivity index (χ0v) is 9.90. The molecule has 0 aromatic heterocycles. The SMILES string of the molecule is CCCCOCCNCC(=O)NCC(F)(F)F. The van der Waals surface area contributed by atoms with Gasteiger partial charge in [-0.25, -0.2) is 0 Å². The highest BCUT2D eigenvalue weighted by Gasteiger charge is 2.27. The molecule has 0 aliphatic rings. The lowest BCUT2D eigenvalue weighted by atomic mass is 10.4. The van der Waals surface area contributed by atoms with Crippen LogP contribution in [0, 0.1) is 0 Å². The van der Waals surface area contributed by atoms with Gasteiger partial charge >= 0.3 is 6.18 Å². The van der Waals surface area contributed by atoms with Crippen LogP contribution in [0.5, 0.6) is 0 Å². The molecule has 4 nitrogen and oxygen atoms in total. The number of nitrogens with one attached hydrogen (secondary N) is 2. The van der Waals surface area contributed by atoms with Gasteiger partial charge in [0.15, 0.2) is 0 Å². The first-order valence-electron chi connectivity index (χ1n) is 5.57. The molecule has 0 unspecified atom stereocenters. The Morgan fingerprint density at radius 3 is 2.59 bits per heavy atom. The van der Waals surface area contributed by atoms with E-state index in [9.17, 15) is 18.0 Å². The maximum atomic E-state index is 11.7. The molecule has 0 heterocycles. The molecule has 0 rings (SSSR count). The van der Waals surface area contributed by atoms with Crippen molar-refractivity contribution in [2.75, 3.05) is 32.8 Å². The molecule has 7 heteroatoms. The van der Waals surface area contributed by atoms with Gasteiger partial charge in [-0.3, -0.25) is 4.79 Å². The summed E-state index contributed by atoms with van der Waals surface area (Å²) in [7, 11) is 0. The molecule has 0 saturated heterocycles. The smallest absolute Gasteiger partial charge is 0.380 e. The van der Waals surface area contributed by atoms with E-state index >= 15 is 0 Å². The van der Waals surface area contributed by atoms with Crippen molar-refractivity contribution in [2.24, 2.45) is 0 Å². The van der Waals surface area contributed by atoms with Gasteiger partial charge in [-0.1, -0.05) is 13.3 Å². The Morgan fingerprint density at radius 2 is 2.00 bits per heavy atom. The molecule has 1 amide bonds. The van der Waals surface area contributed by atoms with Gasteiger partial charge in [-0.05, 0) is 6.42 Å². The number of halogens is 3. The molecule has 2 N–H and O–H groups in total. The topological polar surface area (TPSA) is 50.4 Å². The van der Waals surface area contributed by atoms with Crippen molar-refractivity contribution in [1.82, 2.24) is 10.6 Å². The second-order valence-corrected chi connectivity index (χ2v) is 3.53. The van der Waals surface area contributed by atoms with E-state index in [4.69, 9.17) is 4.74 Å². The van der Waals surface area contributed by atoms with Crippen LogP contribution in [0.2, 0.25) is 0 Å². The predicted octanol–water partition coefficient (Wildman–Crippen LogP) is 1.07. The summed E-state index contributed by atoms with van der Waals surface area (Å²) in [6.45, 7) is 2.19. The van der Waals surface area contributed by atoms with E-state index < -0.39 is 18.6 Å². The Bertz CT molecular complexity index is 210. The summed E-state index contributed by atoms with van der Waals surface area (Å²) in [6, 6.07) is 0. The molecule has 0 aromatic carbocycles.